The molecule has 16 heteroatoms. The minimum absolute atomic E-state index is 0. The average Bonchev–Trinajstić information content (AvgIpc) is 3.37. The number of anilines is 1. The Bertz CT molecular complexity index is 1060. The van der Waals surface area contributed by atoms with Crippen molar-refractivity contribution in [1.29, 1.82) is 0 Å². The van der Waals surface area contributed by atoms with Crippen molar-refractivity contribution in [3.05, 3.63) is 21.7 Å². The number of hydrogen-bond acceptors (Lipinski definition) is 13. The largest absolute Gasteiger partial charge is 1.00 e. The van der Waals surface area contributed by atoms with Gasteiger partial charge in [-0.25, -0.2) is 4.98 Å². The van der Waals surface area contributed by atoms with Gasteiger partial charge < -0.3 is 25.8 Å². The van der Waals surface area contributed by atoms with Gasteiger partial charge in [-0.15, -0.1) is 34.9 Å². The predicted molar refractivity (Wildman–Crippen MR) is 121 cm³/mol. The zero-order valence-corrected chi connectivity index (χ0v) is 22.7. The fraction of sp³-hybridized carbons (Fsp3) is 0.412. The number of carbonyl (C=O) groups is 4. The molecule has 2 fully saturated rings. The topological polar surface area (TPSA) is 167 Å². The second kappa shape index (κ2) is 11.0. The molecule has 3 N–H and O–H groups in total. The van der Waals surface area contributed by atoms with E-state index in [0.717, 1.165) is 16.2 Å². The van der Waals surface area contributed by atoms with E-state index in [1.807, 2.05) is 0 Å². The number of nitrogens with two attached hydrogens (primary N) is 1. The maximum Gasteiger partial charge on any atom is 1.00 e. The maximum atomic E-state index is 12.8. The minimum Gasteiger partial charge on any atom is -0.543 e. The van der Waals surface area contributed by atoms with Crippen LogP contribution in [0.25, 0.3) is 0 Å². The van der Waals surface area contributed by atoms with Crippen LogP contribution in [-0.2, 0) is 24.0 Å². The number of rotatable bonds is 7. The summed E-state index contributed by atoms with van der Waals surface area (Å²) in [5, 5.41) is 18.9. The number of nitrogens with one attached hydrogen (secondary N) is 1. The Morgan fingerprint density at radius 1 is 1.42 bits per heavy atom. The van der Waals surface area contributed by atoms with Crippen LogP contribution in [0.2, 0.25) is 0 Å². The van der Waals surface area contributed by atoms with Gasteiger partial charge in [-0.3, -0.25) is 19.3 Å². The van der Waals surface area contributed by atoms with E-state index in [1.54, 1.807) is 0 Å². The van der Waals surface area contributed by atoms with Gasteiger partial charge in [-0.05, 0) is 6.42 Å². The molecule has 3 aliphatic heterocycles. The average molecular weight is 538 g/mol. The Hall–Kier alpha value is -1.23. The van der Waals surface area contributed by atoms with Crippen LogP contribution in [0.5, 0.6) is 0 Å². The number of β-lactam (4-membered cyclic amide) rings is 1. The molecule has 3 aliphatic rings. The van der Waals surface area contributed by atoms with Crippen LogP contribution in [0.3, 0.4) is 0 Å². The molecular formula is C17H16N5NaO6S4. The first-order valence-electron chi connectivity index (χ1n) is 9.17. The third-order valence-corrected chi connectivity index (χ3v) is 9.40. The van der Waals surface area contributed by atoms with Crippen molar-refractivity contribution in [3.8, 4) is 0 Å². The first-order chi connectivity index (χ1) is 15.3. The number of hydrogen-bond donors (Lipinski definition) is 2. The third-order valence-electron chi connectivity index (χ3n) is 4.75. The van der Waals surface area contributed by atoms with E-state index < -0.39 is 29.2 Å². The Kier molecular flexibility index (Phi) is 8.80. The molecule has 0 aromatic carbocycles. The Morgan fingerprint density at radius 2 is 2.18 bits per heavy atom. The molecule has 4 heterocycles. The molecule has 1 unspecified atom stereocenters. The molecule has 2 amide bonds. The first kappa shape index (κ1) is 26.4. The Labute approximate surface area is 227 Å². The predicted octanol–water partition coefficient (Wildman–Crippen LogP) is -3.79. The second-order valence-electron chi connectivity index (χ2n) is 6.68. The van der Waals surface area contributed by atoms with Gasteiger partial charge in [-0.2, -0.15) is 0 Å². The number of thiazole rings is 1. The van der Waals surface area contributed by atoms with Crippen LogP contribution in [-0.4, -0.2) is 73.8 Å². The smallest absolute Gasteiger partial charge is 0.543 e. The number of fused-ring (bicyclic) bond motifs is 1. The summed E-state index contributed by atoms with van der Waals surface area (Å²) >= 11 is 4.81. The van der Waals surface area contributed by atoms with Crippen molar-refractivity contribution in [2.24, 2.45) is 5.16 Å². The summed E-state index contributed by atoms with van der Waals surface area (Å²) in [6.45, 7) is 0. The van der Waals surface area contributed by atoms with Crippen molar-refractivity contribution >= 4 is 80.4 Å². The van der Waals surface area contributed by atoms with E-state index in [9.17, 15) is 24.3 Å². The van der Waals surface area contributed by atoms with Gasteiger partial charge in [0, 0.05) is 21.8 Å². The number of oxime groups is 1. The summed E-state index contributed by atoms with van der Waals surface area (Å²) in [6.07, 6.45) is 0.640. The number of carboxylic acid groups (broad SMARTS) is 1. The molecule has 33 heavy (non-hydrogen) atoms. The number of carbonyl (C=O) groups excluding carboxylic acids is 4. The number of amides is 2. The summed E-state index contributed by atoms with van der Waals surface area (Å²) in [4.78, 5) is 59.6. The molecule has 1 aromatic rings. The van der Waals surface area contributed by atoms with Crippen LogP contribution in [0.15, 0.2) is 21.1 Å². The van der Waals surface area contributed by atoms with Crippen LogP contribution in [0.4, 0.5) is 5.13 Å². The van der Waals surface area contributed by atoms with Crippen molar-refractivity contribution < 1.29 is 58.7 Å². The molecule has 0 radical (unpaired) electrons. The SMILES string of the molecule is CO/N=C(\C(=O)N[C@@H]1C(=O)N2C(C(=O)[O-])=C(SC3CCSC3=O)CS[C@H]12)c1csc(N)n1.[Na+]. The Balaban J connectivity index is 0.00000306. The number of aromatic nitrogens is 1. The quantitative estimate of drug-likeness (QED) is 0.152. The molecule has 4 rings (SSSR count). The van der Waals surface area contributed by atoms with Crippen molar-refractivity contribution in [2.45, 2.75) is 23.1 Å². The second-order valence-corrected chi connectivity index (χ2v) is 11.1. The molecule has 0 aliphatic carbocycles. The van der Waals surface area contributed by atoms with Crippen molar-refractivity contribution in [3.63, 3.8) is 0 Å². The van der Waals surface area contributed by atoms with Crippen LogP contribution in [0.1, 0.15) is 12.1 Å². The zero-order chi connectivity index (χ0) is 23.0. The normalized spacial score (nSPS) is 24.7. The van der Waals surface area contributed by atoms with E-state index in [0.29, 0.717) is 17.1 Å². The number of nitrogen functional groups attached to an aromatic ring is 1. The monoisotopic (exact) mass is 537 g/mol. The van der Waals surface area contributed by atoms with Gasteiger partial charge in [0.1, 0.15) is 24.2 Å². The van der Waals surface area contributed by atoms with Crippen molar-refractivity contribution in [2.75, 3.05) is 24.3 Å². The van der Waals surface area contributed by atoms with Crippen LogP contribution >= 0.6 is 46.6 Å². The summed E-state index contributed by atoms with van der Waals surface area (Å²) < 4.78 is 0. The molecule has 0 bridgehead atoms. The van der Waals surface area contributed by atoms with Gasteiger partial charge in [0.05, 0.1) is 16.9 Å². The Morgan fingerprint density at radius 3 is 2.76 bits per heavy atom. The van der Waals surface area contributed by atoms with E-state index in [1.165, 1.54) is 47.8 Å². The number of nitrogens with zero attached hydrogens (tertiary/aromatic N) is 3. The van der Waals surface area contributed by atoms with Gasteiger partial charge in [0.15, 0.2) is 10.8 Å². The molecule has 170 valence electrons. The minimum atomic E-state index is -1.49. The standard InChI is InChI=1S/C17H17N5O6S4.Na/c1-28-21-9(6-4-31-17(18)19-6)12(23)20-10-13(24)22-11(15(25)26)8(5-30-14(10)22)32-7-2-3-29-16(7)27;/h4,7,10,14H,2-3,5H2,1H3,(H2,18,19)(H,20,23)(H,25,26);/q;+1/p-1/b21-9-;/t7?,10-,14-;/m1./s1. The zero-order valence-electron chi connectivity index (χ0n) is 17.4. The molecular weight excluding hydrogens is 521 g/mol. The first-order valence-corrected chi connectivity index (χ1v) is 13.0. The molecule has 2 saturated heterocycles. The number of carboxylic acids is 1. The van der Waals surface area contributed by atoms with E-state index in [2.05, 4.69) is 15.5 Å². The number of aliphatic carboxylic acids is 1. The van der Waals surface area contributed by atoms with Crippen molar-refractivity contribution in [1.82, 2.24) is 15.2 Å². The fourth-order valence-corrected chi connectivity index (χ4v) is 7.87. The maximum absolute atomic E-state index is 12.8. The molecule has 0 spiro atoms. The summed E-state index contributed by atoms with van der Waals surface area (Å²) in [5.41, 5.74) is 5.41. The van der Waals surface area contributed by atoms with Gasteiger partial charge in [-0.1, -0.05) is 16.9 Å². The third kappa shape index (κ3) is 5.23. The molecule has 11 nitrogen and oxygen atoms in total. The molecule has 1 aromatic heterocycles. The summed E-state index contributed by atoms with van der Waals surface area (Å²) in [6, 6.07) is -0.963. The fourth-order valence-electron chi connectivity index (χ4n) is 3.33. The van der Waals surface area contributed by atoms with Gasteiger partial charge >= 0.3 is 29.6 Å². The van der Waals surface area contributed by atoms with Crippen LogP contribution in [0, 0.1) is 0 Å². The molecule has 0 saturated carbocycles. The van der Waals surface area contributed by atoms with E-state index in [-0.39, 0.29) is 67.9 Å². The van der Waals surface area contributed by atoms with E-state index >= 15 is 0 Å². The van der Waals surface area contributed by atoms with Gasteiger partial charge in [0.2, 0.25) is 5.12 Å². The molecule has 3 atom stereocenters. The summed E-state index contributed by atoms with van der Waals surface area (Å²) in [7, 11) is 1.26. The summed E-state index contributed by atoms with van der Waals surface area (Å²) in [5.74, 6) is -1.82. The number of thioether (sulfide) groups is 3. The van der Waals surface area contributed by atoms with E-state index in [4.69, 9.17) is 10.6 Å². The van der Waals surface area contributed by atoms with Gasteiger partial charge in [0.25, 0.3) is 11.8 Å². The van der Waals surface area contributed by atoms with Crippen LogP contribution < -0.4 is 45.7 Å².